The lowest BCUT2D eigenvalue weighted by atomic mass is 10.2. The molecule has 3 aromatic heterocycles. The van der Waals surface area contributed by atoms with Crippen molar-refractivity contribution in [2.24, 2.45) is 0 Å². The van der Waals surface area contributed by atoms with Gasteiger partial charge in [-0.1, -0.05) is 16.8 Å². The average Bonchev–Trinajstić information content (AvgIpc) is 3.32. The first-order valence-electron chi connectivity index (χ1n) is 8.32. The van der Waals surface area contributed by atoms with E-state index in [-0.39, 0.29) is 5.91 Å². The minimum absolute atomic E-state index is 0.0947. The van der Waals surface area contributed by atoms with E-state index in [1.54, 1.807) is 29.8 Å². The lowest BCUT2D eigenvalue weighted by molar-refractivity contribution is 0.0619. The van der Waals surface area contributed by atoms with E-state index in [9.17, 15) is 4.79 Å². The molecule has 0 spiro atoms. The fraction of sp³-hybridized carbons (Fsp3) is 0.278. The molecular weight excluding hydrogens is 372 g/mol. The van der Waals surface area contributed by atoms with Gasteiger partial charge in [0.2, 0.25) is 0 Å². The molecule has 0 atom stereocenters. The molecule has 8 heteroatoms. The number of carbonyl (C=O) groups excluding carboxylic acids is 1. The Labute approximate surface area is 160 Å². The van der Waals surface area contributed by atoms with Crippen molar-refractivity contribution in [3.8, 4) is 11.3 Å². The van der Waals surface area contributed by atoms with E-state index in [1.807, 2.05) is 23.1 Å². The molecule has 1 amide bonds. The Morgan fingerprint density at radius 2 is 2.08 bits per heavy atom. The smallest absolute Gasteiger partial charge is 0.276 e. The Kier molecular flexibility index (Phi) is 5.01. The van der Waals surface area contributed by atoms with Gasteiger partial charge in [-0.3, -0.25) is 14.7 Å². The van der Waals surface area contributed by atoms with Crippen LogP contribution >= 0.6 is 22.9 Å². The number of carbonyl (C=O) groups is 1. The Balaban J connectivity index is 1.36. The molecule has 0 radical (unpaired) electrons. The summed E-state index contributed by atoms with van der Waals surface area (Å²) in [6, 6.07) is 9.35. The molecule has 3 aromatic rings. The minimum Gasteiger partial charge on any atom is -0.355 e. The van der Waals surface area contributed by atoms with Gasteiger partial charge in [0.15, 0.2) is 11.5 Å². The van der Waals surface area contributed by atoms with Gasteiger partial charge in [0, 0.05) is 61.6 Å². The highest BCUT2D eigenvalue weighted by Gasteiger charge is 2.25. The highest BCUT2D eigenvalue weighted by molar-refractivity contribution is 7.16. The SMILES string of the molecule is O=C(c1cc(-c2cccnc2)on1)N1CCN(Cc2ccc(Cl)s2)CC1. The van der Waals surface area contributed by atoms with E-state index >= 15 is 0 Å². The van der Waals surface area contributed by atoms with Gasteiger partial charge < -0.3 is 9.42 Å². The quantitative estimate of drug-likeness (QED) is 0.685. The van der Waals surface area contributed by atoms with Gasteiger partial charge in [0.05, 0.1) is 4.34 Å². The lowest BCUT2D eigenvalue weighted by Crippen LogP contribution is -2.48. The highest BCUT2D eigenvalue weighted by Crippen LogP contribution is 2.23. The van der Waals surface area contributed by atoms with E-state index in [4.69, 9.17) is 16.1 Å². The molecule has 134 valence electrons. The minimum atomic E-state index is -0.0947. The Hall–Kier alpha value is -2.22. The van der Waals surface area contributed by atoms with E-state index in [2.05, 4.69) is 21.1 Å². The molecule has 0 bridgehead atoms. The number of piperazine rings is 1. The molecule has 4 heterocycles. The van der Waals surface area contributed by atoms with Crippen LogP contribution in [-0.2, 0) is 6.54 Å². The number of halogens is 1. The number of thiophene rings is 1. The fourth-order valence-corrected chi connectivity index (χ4v) is 4.08. The van der Waals surface area contributed by atoms with Crippen LogP contribution < -0.4 is 0 Å². The number of hydrogen-bond donors (Lipinski definition) is 0. The molecule has 4 rings (SSSR count). The van der Waals surface area contributed by atoms with Gasteiger partial charge in [-0.25, -0.2) is 0 Å². The van der Waals surface area contributed by atoms with Gasteiger partial charge >= 0.3 is 0 Å². The van der Waals surface area contributed by atoms with Crippen LogP contribution in [-0.4, -0.2) is 52.0 Å². The standard InChI is InChI=1S/C18H17ClN4O2S/c19-17-4-3-14(26-17)12-22-6-8-23(9-7-22)18(24)15-10-16(25-21-15)13-2-1-5-20-11-13/h1-5,10-11H,6-9,12H2. The van der Waals surface area contributed by atoms with Crippen molar-refractivity contribution in [1.82, 2.24) is 19.9 Å². The van der Waals surface area contributed by atoms with E-state index in [0.717, 1.165) is 29.5 Å². The molecule has 0 aromatic carbocycles. The van der Waals surface area contributed by atoms with Crippen LogP contribution in [0.4, 0.5) is 0 Å². The molecule has 6 nitrogen and oxygen atoms in total. The summed E-state index contributed by atoms with van der Waals surface area (Å²) in [6.07, 6.45) is 3.37. The summed E-state index contributed by atoms with van der Waals surface area (Å²) in [5.74, 6) is 0.456. The largest absolute Gasteiger partial charge is 0.355 e. The van der Waals surface area contributed by atoms with Crippen LogP contribution in [0.25, 0.3) is 11.3 Å². The molecule has 0 saturated carbocycles. The molecule has 1 aliphatic rings. The lowest BCUT2D eigenvalue weighted by Gasteiger charge is -2.34. The van der Waals surface area contributed by atoms with Crippen LogP contribution in [0.5, 0.6) is 0 Å². The topological polar surface area (TPSA) is 62.5 Å². The monoisotopic (exact) mass is 388 g/mol. The predicted octanol–water partition coefficient (Wildman–Crippen LogP) is 3.41. The number of amides is 1. The number of aromatic nitrogens is 2. The van der Waals surface area contributed by atoms with E-state index in [0.29, 0.717) is 24.5 Å². The van der Waals surface area contributed by atoms with Crippen molar-refractivity contribution < 1.29 is 9.32 Å². The van der Waals surface area contributed by atoms with Gasteiger partial charge in [0.1, 0.15) is 0 Å². The number of pyridine rings is 1. The van der Waals surface area contributed by atoms with Gasteiger partial charge in [-0.15, -0.1) is 11.3 Å². The van der Waals surface area contributed by atoms with Crippen molar-refractivity contribution in [2.45, 2.75) is 6.54 Å². The van der Waals surface area contributed by atoms with Crippen molar-refractivity contribution in [3.05, 3.63) is 57.6 Å². The summed E-state index contributed by atoms with van der Waals surface area (Å²) >= 11 is 7.59. The van der Waals surface area contributed by atoms with E-state index in [1.165, 1.54) is 4.88 Å². The molecule has 1 fully saturated rings. The second kappa shape index (κ2) is 7.57. The zero-order chi connectivity index (χ0) is 17.9. The second-order valence-corrected chi connectivity index (χ2v) is 7.89. The number of nitrogens with zero attached hydrogens (tertiary/aromatic N) is 4. The third-order valence-electron chi connectivity index (χ3n) is 4.34. The first-order chi connectivity index (χ1) is 12.7. The maximum atomic E-state index is 12.7. The van der Waals surface area contributed by atoms with Crippen LogP contribution in [0.3, 0.4) is 0 Å². The van der Waals surface area contributed by atoms with E-state index < -0.39 is 0 Å². The zero-order valence-corrected chi connectivity index (χ0v) is 15.5. The zero-order valence-electron chi connectivity index (χ0n) is 14.0. The predicted molar refractivity (Wildman–Crippen MR) is 100 cm³/mol. The maximum Gasteiger partial charge on any atom is 0.276 e. The van der Waals surface area contributed by atoms with Crippen molar-refractivity contribution in [1.29, 1.82) is 0 Å². The molecule has 0 aliphatic carbocycles. The van der Waals surface area contributed by atoms with Crippen LogP contribution in [0.2, 0.25) is 4.34 Å². The number of hydrogen-bond acceptors (Lipinski definition) is 6. The van der Waals surface area contributed by atoms with Crippen LogP contribution in [0.15, 0.2) is 47.2 Å². The summed E-state index contributed by atoms with van der Waals surface area (Å²) in [6.45, 7) is 3.87. The Bertz CT molecular complexity index is 888. The summed E-state index contributed by atoms with van der Waals surface area (Å²) < 4.78 is 6.12. The maximum absolute atomic E-state index is 12.7. The fourth-order valence-electron chi connectivity index (χ4n) is 2.95. The third kappa shape index (κ3) is 3.80. The molecule has 26 heavy (non-hydrogen) atoms. The summed E-state index contributed by atoms with van der Waals surface area (Å²) in [4.78, 5) is 22.1. The molecule has 1 saturated heterocycles. The normalized spacial score (nSPS) is 15.3. The summed E-state index contributed by atoms with van der Waals surface area (Å²) in [7, 11) is 0. The van der Waals surface area contributed by atoms with Crippen molar-refractivity contribution >= 4 is 28.8 Å². The van der Waals surface area contributed by atoms with Crippen molar-refractivity contribution in [3.63, 3.8) is 0 Å². The van der Waals surface area contributed by atoms with Gasteiger partial charge in [0.25, 0.3) is 5.91 Å². The van der Waals surface area contributed by atoms with Gasteiger partial charge in [-0.2, -0.15) is 0 Å². The van der Waals surface area contributed by atoms with Gasteiger partial charge in [-0.05, 0) is 24.3 Å². The molecule has 1 aliphatic heterocycles. The summed E-state index contributed by atoms with van der Waals surface area (Å²) in [5, 5.41) is 3.94. The van der Waals surface area contributed by atoms with Crippen LogP contribution in [0, 0.1) is 0 Å². The second-order valence-electron chi connectivity index (χ2n) is 6.09. The summed E-state index contributed by atoms with van der Waals surface area (Å²) in [5.41, 5.74) is 1.14. The molecule has 0 N–H and O–H groups in total. The third-order valence-corrected chi connectivity index (χ3v) is 5.56. The highest BCUT2D eigenvalue weighted by atomic mass is 35.5. The first kappa shape index (κ1) is 17.2. The van der Waals surface area contributed by atoms with Crippen LogP contribution in [0.1, 0.15) is 15.4 Å². The average molecular weight is 389 g/mol. The molecular formula is C18H17ClN4O2S. The Morgan fingerprint density at radius 1 is 1.23 bits per heavy atom. The van der Waals surface area contributed by atoms with Crippen molar-refractivity contribution in [2.75, 3.05) is 26.2 Å². The first-order valence-corrected chi connectivity index (χ1v) is 9.51. The Morgan fingerprint density at radius 3 is 2.77 bits per heavy atom. The molecule has 0 unspecified atom stereocenters. The number of rotatable bonds is 4.